The number of likely N-dealkylation sites (tertiary alicyclic amines) is 1. The van der Waals surface area contributed by atoms with E-state index in [9.17, 15) is 14.4 Å². The molecule has 2 aromatic rings. The summed E-state index contributed by atoms with van der Waals surface area (Å²) in [5.41, 5.74) is 0.522. The maximum atomic E-state index is 12.7. The molecule has 164 valence electrons. The summed E-state index contributed by atoms with van der Waals surface area (Å²) in [7, 11) is 0. The molecule has 1 fully saturated rings. The third-order valence-corrected chi connectivity index (χ3v) is 5.86. The van der Waals surface area contributed by atoms with Crippen molar-refractivity contribution in [2.45, 2.75) is 58.2 Å². The van der Waals surface area contributed by atoms with Gasteiger partial charge in [-0.15, -0.1) is 0 Å². The Morgan fingerprint density at radius 3 is 2.68 bits per heavy atom. The molecule has 1 spiro atoms. The van der Waals surface area contributed by atoms with Crippen LogP contribution >= 0.6 is 0 Å². The topological polar surface area (TPSA) is 122 Å². The van der Waals surface area contributed by atoms with Crippen LogP contribution in [0.25, 0.3) is 0 Å². The predicted molar refractivity (Wildman–Crippen MR) is 113 cm³/mol. The Bertz CT molecular complexity index is 1060. The third-order valence-electron chi connectivity index (χ3n) is 5.86. The molecule has 0 aromatic carbocycles. The average Bonchev–Trinajstić information content (AvgIpc) is 3.31. The number of amides is 3. The summed E-state index contributed by atoms with van der Waals surface area (Å²) < 4.78 is 1.88. The van der Waals surface area contributed by atoms with Gasteiger partial charge in [-0.1, -0.05) is 0 Å². The Labute approximate surface area is 180 Å². The molecule has 31 heavy (non-hydrogen) atoms. The van der Waals surface area contributed by atoms with Gasteiger partial charge in [-0.05, 0) is 33.6 Å². The Kier molecular flexibility index (Phi) is 5.47. The van der Waals surface area contributed by atoms with E-state index in [1.807, 2.05) is 25.3 Å². The molecule has 4 heterocycles. The summed E-state index contributed by atoms with van der Waals surface area (Å²) in [4.78, 5) is 52.1. The molecule has 2 N–H and O–H groups in total. The second-order valence-corrected chi connectivity index (χ2v) is 8.61. The lowest BCUT2D eigenvalue weighted by molar-refractivity contribution is 0.0948. The Hall–Kier alpha value is -3.30. The van der Waals surface area contributed by atoms with Gasteiger partial charge in [-0.2, -0.15) is 4.98 Å². The van der Waals surface area contributed by atoms with E-state index >= 15 is 0 Å². The van der Waals surface area contributed by atoms with Crippen LogP contribution in [0.5, 0.6) is 0 Å². The predicted octanol–water partition coefficient (Wildman–Crippen LogP) is 0.737. The molecule has 2 aromatic heterocycles. The smallest absolute Gasteiger partial charge is 0.317 e. The molecule has 2 aliphatic heterocycles. The van der Waals surface area contributed by atoms with E-state index in [1.54, 1.807) is 23.5 Å². The summed E-state index contributed by atoms with van der Waals surface area (Å²) in [6.07, 6.45) is 6.34. The molecule has 1 unspecified atom stereocenters. The molecule has 10 heteroatoms. The van der Waals surface area contributed by atoms with Crippen LogP contribution in [0, 0.1) is 6.92 Å². The number of nitrogens with zero attached hydrogens (tertiary/aromatic N) is 5. The zero-order valence-corrected chi connectivity index (χ0v) is 18.0. The number of hydrogen-bond acceptors (Lipinski definition) is 6. The van der Waals surface area contributed by atoms with Crippen LogP contribution in [-0.4, -0.2) is 55.5 Å². The molecule has 10 nitrogen and oxygen atoms in total. The quantitative estimate of drug-likeness (QED) is 0.745. The molecule has 0 bridgehead atoms. The summed E-state index contributed by atoms with van der Waals surface area (Å²) in [6, 6.07) is -0.0319. The highest BCUT2D eigenvalue weighted by Crippen LogP contribution is 2.41. The number of aromatic nitrogens is 4. The van der Waals surface area contributed by atoms with Gasteiger partial charge in [0, 0.05) is 43.5 Å². The van der Waals surface area contributed by atoms with Crippen LogP contribution in [0.2, 0.25) is 0 Å². The van der Waals surface area contributed by atoms with E-state index < -0.39 is 11.5 Å². The van der Waals surface area contributed by atoms with Gasteiger partial charge in [0.25, 0.3) is 11.5 Å². The van der Waals surface area contributed by atoms with Crippen LogP contribution in [0.3, 0.4) is 0 Å². The molecule has 4 rings (SSSR count). The summed E-state index contributed by atoms with van der Waals surface area (Å²) in [6.45, 7) is 7.66. The molecular formula is C21H27N7O3. The highest BCUT2D eigenvalue weighted by Gasteiger charge is 2.47. The minimum Gasteiger partial charge on any atom is -0.346 e. The highest BCUT2D eigenvalue weighted by atomic mass is 16.2. The first-order chi connectivity index (χ1) is 14.8. The van der Waals surface area contributed by atoms with Gasteiger partial charge in [0.1, 0.15) is 11.4 Å². The first-order valence-corrected chi connectivity index (χ1v) is 10.5. The number of rotatable bonds is 4. The van der Waals surface area contributed by atoms with Crippen molar-refractivity contribution in [3.8, 4) is 0 Å². The minimum absolute atomic E-state index is 0.00766. The van der Waals surface area contributed by atoms with Crippen molar-refractivity contribution in [3.05, 3.63) is 51.7 Å². The van der Waals surface area contributed by atoms with Gasteiger partial charge < -0.3 is 20.1 Å². The maximum absolute atomic E-state index is 12.7. The first-order valence-electron chi connectivity index (χ1n) is 10.5. The summed E-state index contributed by atoms with van der Waals surface area (Å²) in [5.74, 6) is 0.179. The van der Waals surface area contributed by atoms with E-state index in [-0.39, 0.29) is 29.6 Å². The van der Waals surface area contributed by atoms with Crippen molar-refractivity contribution >= 4 is 11.9 Å². The molecule has 1 atom stereocenters. The van der Waals surface area contributed by atoms with Crippen molar-refractivity contribution in [1.29, 1.82) is 0 Å². The van der Waals surface area contributed by atoms with Gasteiger partial charge in [0.05, 0.1) is 24.1 Å². The Balaban J connectivity index is 1.49. The third kappa shape index (κ3) is 4.14. The van der Waals surface area contributed by atoms with Gasteiger partial charge in [0.15, 0.2) is 0 Å². The lowest BCUT2D eigenvalue weighted by Gasteiger charge is -2.24. The van der Waals surface area contributed by atoms with E-state index in [4.69, 9.17) is 0 Å². The monoisotopic (exact) mass is 425 g/mol. The van der Waals surface area contributed by atoms with Crippen LogP contribution in [0.15, 0.2) is 23.4 Å². The number of aryl methyl sites for hydroxylation is 2. The van der Waals surface area contributed by atoms with Crippen molar-refractivity contribution in [3.63, 3.8) is 0 Å². The maximum Gasteiger partial charge on any atom is 0.317 e. The van der Waals surface area contributed by atoms with Crippen molar-refractivity contribution in [2.75, 3.05) is 13.1 Å². The lowest BCUT2D eigenvalue weighted by Crippen LogP contribution is -2.43. The lowest BCUT2D eigenvalue weighted by atomic mass is 9.85. The molecule has 2 aliphatic rings. The zero-order chi connectivity index (χ0) is 22.2. The number of fused-ring (bicyclic) bond motifs is 2. The number of carbonyl (C=O) groups excluding carboxylic acids is 2. The van der Waals surface area contributed by atoms with Crippen molar-refractivity contribution < 1.29 is 9.59 Å². The number of nitrogens with one attached hydrogen (secondary N) is 2. The number of urea groups is 1. The van der Waals surface area contributed by atoms with Crippen molar-refractivity contribution in [2.24, 2.45) is 0 Å². The Morgan fingerprint density at radius 1 is 1.19 bits per heavy atom. The second-order valence-electron chi connectivity index (χ2n) is 8.61. The van der Waals surface area contributed by atoms with E-state index in [0.717, 1.165) is 18.5 Å². The zero-order valence-electron chi connectivity index (χ0n) is 18.0. The molecule has 0 radical (unpaired) electrons. The average molecular weight is 425 g/mol. The molecule has 1 saturated heterocycles. The number of carbonyl (C=O) groups is 2. The fourth-order valence-electron chi connectivity index (χ4n) is 4.24. The fourth-order valence-corrected chi connectivity index (χ4v) is 4.24. The fraction of sp³-hybridized carbons (Fsp3) is 0.524. The van der Waals surface area contributed by atoms with Gasteiger partial charge in [-0.3, -0.25) is 19.6 Å². The standard InChI is InChI=1S/C21H27N7O3/c1-13(2)25-20(31)28-7-5-21(12-28)4-6-27-11-16(18(30)26-19(21)27)17(29)24-10-15-9-22-14(3)8-23-15/h8-9,11,13H,4-7,10,12H2,1-3H3,(H,24,29)(H,25,31). The number of hydrogen-bond donors (Lipinski definition) is 2. The van der Waals surface area contributed by atoms with E-state index in [2.05, 4.69) is 25.6 Å². The summed E-state index contributed by atoms with van der Waals surface area (Å²) >= 11 is 0. The van der Waals surface area contributed by atoms with E-state index in [0.29, 0.717) is 31.2 Å². The van der Waals surface area contributed by atoms with Gasteiger partial charge in [-0.25, -0.2) is 4.79 Å². The first kappa shape index (κ1) is 21.0. The molecule has 0 saturated carbocycles. The van der Waals surface area contributed by atoms with Gasteiger partial charge in [0.2, 0.25) is 0 Å². The van der Waals surface area contributed by atoms with Crippen LogP contribution in [0.1, 0.15) is 54.3 Å². The van der Waals surface area contributed by atoms with Crippen LogP contribution in [0.4, 0.5) is 4.79 Å². The van der Waals surface area contributed by atoms with Crippen LogP contribution < -0.4 is 16.2 Å². The highest BCUT2D eigenvalue weighted by molar-refractivity contribution is 5.93. The largest absolute Gasteiger partial charge is 0.346 e. The SMILES string of the molecule is Cc1cnc(CNC(=O)c2cn3c(nc2=O)C2(CCN(C(=O)NC(C)C)C2)CC3)cn1. The van der Waals surface area contributed by atoms with E-state index in [1.165, 1.54) is 0 Å². The minimum atomic E-state index is -0.551. The summed E-state index contributed by atoms with van der Waals surface area (Å²) in [5, 5.41) is 5.63. The molecular weight excluding hydrogens is 398 g/mol. The normalized spacial score (nSPS) is 19.7. The molecule has 3 amide bonds. The Morgan fingerprint density at radius 2 is 1.97 bits per heavy atom. The van der Waals surface area contributed by atoms with Crippen LogP contribution in [-0.2, 0) is 18.5 Å². The van der Waals surface area contributed by atoms with Gasteiger partial charge >= 0.3 is 6.03 Å². The second kappa shape index (κ2) is 8.09. The molecule has 0 aliphatic carbocycles. The van der Waals surface area contributed by atoms with Crippen molar-refractivity contribution in [1.82, 2.24) is 35.1 Å².